The van der Waals surface area contributed by atoms with E-state index in [1.54, 1.807) is 7.11 Å². The molecule has 0 heterocycles. The van der Waals surface area contributed by atoms with Gasteiger partial charge in [0, 0.05) is 5.56 Å². The molecule has 0 saturated carbocycles. The first kappa shape index (κ1) is 9.28. The van der Waals surface area contributed by atoms with Crippen LogP contribution in [0.4, 0.5) is 0 Å². The number of allylic oxidation sites excluding steroid dienone is 1. The minimum Gasteiger partial charge on any atom is -0.496 e. The lowest BCUT2D eigenvalue weighted by Gasteiger charge is -2.11. The predicted molar refractivity (Wildman–Crippen MR) is 56.5 cm³/mol. The standard InChI is InChI=1S/C12H14O2/c1-8-3-6-11(14-2)12-9(7-13)4-5-10(8)12/h3-4,6,13H,5,7H2,1-2H3. The average Bonchev–Trinajstić information content (AvgIpc) is 2.63. The fourth-order valence-corrected chi connectivity index (χ4v) is 1.99. The lowest BCUT2D eigenvalue weighted by atomic mass is 10.00. The van der Waals surface area contributed by atoms with Crippen molar-refractivity contribution in [2.75, 3.05) is 13.7 Å². The van der Waals surface area contributed by atoms with Crippen molar-refractivity contribution >= 4 is 5.57 Å². The number of benzene rings is 1. The largest absolute Gasteiger partial charge is 0.496 e. The van der Waals surface area contributed by atoms with Crippen LogP contribution in [0.1, 0.15) is 16.7 Å². The minimum absolute atomic E-state index is 0.0901. The molecule has 1 N–H and O–H groups in total. The van der Waals surface area contributed by atoms with E-state index < -0.39 is 0 Å². The van der Waals surface area contributed by atoms with Gasteiger partial charge in [-0.05, 0) is 36.1 Å². The fraction of sp³-hybridized carbons (Fsp3) is 0.333. The molecule has 0 spiro atoms. The summed E-state index contributed by atoms with van der Waals surface area (Å²) in [5.74, 6) is 0.864. The number of ether oxygens (including phenoxy) is 1. The quantitative estimate of drug-likeness (QED) is 0.772. The SMILES string of the molecule is COc1ccc(C)c2c1C(CO)=CC2. The third kappa shape index (κ3) is 1.23. The molecule has 0 fully saturated rings. The van der Waals surface area contributed by atoms with E-state index in [2.05, 4.69) is 19.1 Å². The summed E-state index contributed by atoms with van der Waals surface area (Å²) < 4.78 is 5.29. The zero-order valence-corrected chi connectivity index (χ0v) is 8.50. The highest BCUT2D eigenvalue weighted by molar-refractivity contribution is 5.78. The zero-order valence-electron chi connectivity index (χ0n) is 8.50. The second-order valence-electron chi connectivity index (χ2n) is 3.53. The van der Waals surface area contributed by atoms with E-state index in [4.69, 9.17) is 4.74 Å². The summed E-state index contributed by atoms with van der Waals surface area (Å²) in [5, 5.41) is 9.20. The second-order valence-corrected chi connectivity index (χ2v) is 3.53. The fourth-order valence-electron chi connectivity index (χ4n) is 1.99. The summed E-state index contributed by atoms with van der Waals surface area (Å²) >= 11 is 0. The number of aryl methyl sites for hydroxylation is 1. The van der Waals surface area contributed by atoms with Crippen LogP contribution < -0.4 is 4.74 Å². The number of rotatable bonds is 2. The van der Waals surface area contributed by atoms with Crippen LogP contribution in [0, 0.1) is 6.92 Å². The average molecular weight is 190 g/mol. The van der Waals surface area contributed by atoms with Gasteiger partial charge in [0.05, 0.1) is 13.7 Å². The van der Waals surface area contributed by atoms with Gasteiger partial charge in [0.2, 0.25) is 0 Å². The number of methoxy groups -OCH3 is 1. The summed E-state index contributed by atoms with van der Waals surface area (Å²) in [5.41, 5.74) is 4.63. The van der Waals surface area contributed by atoms with Gasteiger partial charge in [0.15, 0.2) is 0 Å². The minimum atomic E-state index is 0.0901. The molecule has 0 aromatic heterocycles. The summed E-state index contributed by atoms with van der Waals surface area (Å²) in [7, 11) is 1.66. The van der Waals surface area contributed by atoms with E-state index in [0.717, 1.165) is 23.3 Å². The normalized spacial score (nSPS) is 13.8. The van der Waals surface area contributed by atoms with Gasteiger partial charge in [-0.1, -0.05) is 12.1 Å². The maximum absolute atomic E-state index is 9.20. The van der Waals surface area contributed by atoms with Crippen LogP contribution in [-0.2, 0) is 6.42 Å². The third-order valence-electron chi connectivity index (χ3n) is 2.77. The Morgan fingerprint density at radius 2 is 2.21 bits per heavy atom. The smallest absolute Gasteiger partial charge is 0.126 e. The summed E-state index contributed by atoms with van der Waals surface area (Å²) in [6.07, 6.45) is 2.98. The lowest BCUT2D eigenvalue weighted by Crippen LogP contribution is -1.96. The molecule has 0 atom stereocenters. The van der Waals surface area contributed by atoms with E-state index in [1.165, 1.54) is 11.1 Å². The van der Waals surface area contributed by atoms with E-state index in [1.807, 2.05) is 6.07 Å². The van der Waals surface area contributed by atoms with Crippen LogP contribution >= 0.6 is 0 Å². The van der Waals surface area contributed by atoms with Crippen molar-refractivity contribution in [1.29, 1.82) is 0 Å². The maximum Gasteiger partial charge on any atom is 0.126 e. The van der Waals surface area contributed by atoms with Gasteiger partial charge >= 0.3 is 0 Å². The molecule has 0 aliphatic heterocycles. The van der Waals surface area contributed by atoms with Crippen LogP contribution in [0.2, 0.25) is 0 Å². The van der Waals surface area contributed by atoms with Crippen LogP contribution in [-0.4, -0.2) is 18.8 Å². The molecule has 2 nitrogen and oxygen atoms in total. The van der Waals surface area contributed by atoms with E-state index in [0.29, 0.717) is 0 Å². The van der Waals surface area contributed by atoms with Gasteiger partial charge in [0.1, 0.15) is 5.75 Å². The van der Waals surface area contributed by atoms with E-state index >= 15 is 0 Å². The Labute approximate surface area is 83.8 Å². The van der Waals surface area contributed by atoms with E-state index in [9.17, 15) is 5.11 Å². The van der Waals surface area contributed by atoms with Crippen molar-refractivity contribution in [3.8, 4) is 5.75 Å². The highest BCUT2D eigenvalue weighted by Gasteiger charge is 2.19. The summed E-state index contributed by atoms with van der Waals surface area (Å²) in [6, 6.07) is 4.02. The molecule has 0 amide bonds. The van der Waals surface area contributed by atoms with Gasteiger partial charge in [-0.15, -0.1) is 0 Å². The number of hydrogen-bond donors (Lipinski definition) is 1. The monoisotopic (exact) mass is 190 g/mol. The van der Waals surface area contributed by atoms with Gasteiger partial charge in [-0.3, -0.25) is 0 Å². The van der Waals surface area contributed by atoms with Gasteiger partial charge in [-0.25, -0.2) is 0 Å². The molecule has 2 heteroatoms. The molecule has 74 valence electrons. The topological polar surface area (TPSA) is 29.5 Å². The van der Waals surface area contributed by atoms with Crippen LogP contribution in [0.5, 0.6) is 5.75 Å². The van der Waals surface area contributed by atoms with Gasteiger partial charge < -0.3 is 9.84 Å². The van der Waals surface area contributed by atoms with Crippen LogP contribution in [0.15, 0.2) is 18.2 Å². The first-order chi connectivity index (χ1) is 6.77. The molecule has 14 heavy (non-hydrogen) atoms. The molecule has 0 bridgehead atoms. The molecule has 1 aromatic rings. The Kier molecular flexibility index (Phi) is 2.30. The summed E-state index contributed by atoms with van der Waals surface area (Å²) in [4.78, 5) is 0. The lowest BCUT2D eigenvalue weighted by molar-refractivity contribution is 0.349. The molecule has 0 unspecified atom stereocenters. The second kappa shape index (κ2) is 3.46. The molecular weight excluding hydrogens is 176 g/mol. The first-order valence-corrected chi connectivity index (χ1v) is 4.74. The maximum atomic E-state index is 9.20. The highest BCUT2D eigenvalue weighted by atomic mass is 16.5. The number of fused-ring (bicyclic) bond motifs is 1. The molecule has 1 aliphatic carbocycles. The number of aliphatic hydroxyl groups is 1. The van der Waals surface area contributed by atoms with Crippen molar-refractivity contribution in [2.45, 2.75) is 13.3 Å². The third-order valence-corrected chi connectivity index (χ3v) is 2.77. The molecule has 2 rings (SSSR count). The van der Waals surface area contributed by atoms with Crippen molar-refractivity contribution in [2.24, 2.45) is 0 Å². The van der Waals surface area contributed by atoms with Crippen molar-refractivity contribution in [3.63, 3.8) is 0 Å². The Bertz CT molecular complexity index is 392. The van der Waals surface area contributed by atoms with Crippen LogP contribution in [0.25, 0.3) is 5.57 Å². The summed E-state index contributed by atoms with van der Waals surface area (Å²) in [6.45, 7) is 2.18. The van der Waals surface area contributed by atoms with Crippen molar-refractivity contribution in [1.82, 2.24) is 0 Å². The van der Waals surface area contributed by atoms with Crippen molar-refractivity contribution in [3.05, 3.63) is 34.9 Å². The van der Waals surface area contributed by atoms with Crippen molar-refractivity contribution < 1.29 is 9.84 Å². The van der Waals surface area contributed by atoms with Gasteiger partial charge in [-0.2, -0.15) is 0 Å². The van der Waals surface area contributed by atoms with Crippen LogP contribution in [0.3, 0.4) is 0 Å². The molecule has 0 saturated heterocycles. The Morgan fingerprint density at radius 3 is 2.86 bits per heavy atom. The molecular formula is C12H14O2. The molecule has 1 aromatic carbocycles. The van der Waals surface area contributed by atoms with Gasteiger partial charge in [0.25, 0.3) is 0 Å². The predicted octanol–water partition coefficient (Wildman–Crippen LogP) is 1.94. The van der Waals surface area contributed by atoms with E-state index in [-0.39, 0.29) is 6.61 Å². The highest BCUT2D eigenvalue weighted by Crippen LogP contribution is 2.36. The Balaban J connectivity index is 2.60. The molecule has 1 aliphatic rings. The number of hydrogen-bond acceptors (Lipinski definition) is 2. The Hall–Kier alpha value is -1.28. The Morgan fingerprint density at radius 1 is 1.43 bits per heavy atom. The first-order valence-electron chi connectivity index (χ1n) is 4.74. The zero-order chi connectivity index (χ0) is 10.1. The molecule has 0 radical (unpaired) electrons. The number of aliphatic hydroxyl groups excluding tert-OH is 1.